The van der Waals surface area contributed by atoms with E-state index in [0.717, 1.165) is 5.56 Å². The van der Waals surface area contributed by atoms with Gasteiger partial charge in [0.1, 0.15) is 18.0 Å². The van der Waals surface area contributed by atoms with Gasteiger partial charge in [-0.15, -0.1) is 0 Å². The highest BCUT2D eigenvalue weighted by Gasteiger charge is 2.28. The first-order valence-corrected chi connectivity index (χ1v) is 11.7. The topological polar surface area (TPSA) is 95.0 Å². The van der Waals surface area contributed by atoms with E-state index in [9.17, 15) is 13.2 Å². The molecule has 1 heterocycles. The molecule has 0 unspecified atom stereocenters. The molecule has 1 aromatic heterocycles. The smallest absolute Gasteiger partial charge is 0.332 e. The van der Waals surface area contributed by atoms with Crippen molar-refractivity contribution in [3.63, 3.8) is 0 Å². The van der Waals surface area contributed by atoms with E-state index >= 15 is 0 Å². The normalized spacial score (nSPS) is 12.1. The van der Waals surface area contributed by atoms with E-state index < -0.39 is 21.6 Å². The van der Waals surface area contributed by atoms with E-state index in [1.165, 1.54) is 4.31 Å². The summed E-state index contributed by atoms with van der Waals surface area (Å²) in [5.41, 5.74) is 1.31. The predicted octanol–water partition coefficient (Wildman–Crippen LogP) is 3.26. The molecule has 0 aliphatic rings. The van der Waals surface area contributed by atoms with Crippen molar-refractivity contribution >= 4 is 16.0 Å². The Bertz CT molecular complexity index is 994. The first kappa shape index (κ1) is 25.8. The molecule has 0 atom stereocenters. The Morgan fingerprint density at radius 2 is 1.81 bits per heavy atom. The second-order valence-electron chi connectivity index (χ2n) is 8.43. The van der Waals surface area contributed by atoms with Crippen molar-refractivity contribution in [2.45, 2.75) is 51.7 Å². The number of carbonyl (C=O) groups excluding carboxylic acids is 1. The summed E-state index contributed by atoms with van der Waals surface area (Å²) in [5.74, 6) is 0.0967. The number of benzene rings is 1. The molecule has 176 valence electrons. The fourth-order valence-electron chi connectivity index (χ4n) is 3.24. The van der Waals surface area contributed by atoms with Crippen LogP contribution in [0.4, 0.5) is 0 Å². The van der Waals surface area contributed by atoms with Crippen LogP contribution in [-0.4, -0.2) is 56.1 Å². The van der Waals surface area contributed by atoms with Crippen molar-refractivity contribution in [2.75, 3.05) is 26.9 Å². The average Bonchev–Trinajstić information content (AvgIpc) is 2.68. The molecule has 0 bridgehead atoms. The Labute approximate surface area is 190 Å². The third-order valence-corrected chi connectivity index (χ3v) is 6.63. The van der Waals surface area contributed by atoms with E-state index in [2.05, 4.69) is 4.98 Å². The predicted molar refractivity (Wildman–Crippen MR) is 121 cm³/mol. The van der Waals surface area contributed by atoms with Crippen LogP contribution in [0.2, 0.25) is 0 Å². The summed E-state index contributed by atoms with van der Waals surface area (Å²) < 4.78 is 44.4. The number of esters is 1. The standard InChI is InChI=1S/C23H32N2O6S/c1-17-12-20(29-6)13-18(2)22(17)32(27,28)25(15-19-8-7-9-24-14-19)10-11-30-16-21(26)31-23(3,4)5/h7-9,12-14H,10-11,15-16H2,1-6H3. The molecule has 0 amide bonds. The van der Waals surface area contributed by atoms with Gasteiger partial charge in [0.15, 0.2) is 0 Å². The van der Waals surface area contributed by atoms with E-state index in [1.54, 1.807) is 72.3 Å². The summed E-state index contributed by atoms with van der Waals surface area (Å²) in [4.78, 5) is 16.2. The Morgan fingerprint density at radius 1 is 1.16 bits per heavy atom. The molecule has 0 aliphatic carbocycles. The van der Waals surface area contributed by atoms with Gasteiger partial charge in [0.2, 0.25) is 10.0 Å². The number of nitrogens with zero attached hydrogens (tertiary/aromatic N) is 2. The summed E-state index contributed by atoms with van der Waals surface area (Å²) in [6, 6.07) is 6.95. The summed E-state index contributed by atoms with van der Waals surface area (Å²) in [6.07, 6.45) is 3.25. The van der Waals surface area contributed by atoms with Gasteiger partial charge in [0.05, 0.1) is 18.6 Å². The number of hydrogen-bond donors (Lipinski definition) is 0. The van der Waals surface area contributed by atoms with E-state index in [1.807, 2.05) is 6.07 Å². The number of aryl methyl sites for hydroxylation is 2. The first-order chi connectivity index (χ1) is 14.9. The average molecular weight is 465 g/mol. The monoisotopic (exact) mass is 464 g/mol. The van der Waals surface area contributed by atoms with Crippen molar-refractivity contribution in [3.05, 3.63) is 53.3 Å². The third kappa shape index (κ3) is 7.29. The second kappa shape index (κ2) is 10.9. The van der Waals surface area contributed by atoms with Crippen LogP contribution in [0.15, 0.2) is 41.6 Å². The quantitative estimate of drug-likeness (QED) is 0.393. The van der Waals surface area contributed by atoms with Gasteiger partial charge in [-0.05, 0) is 69.5 Å². The maximum absolute atomic E-state index is 13.6. The minimum absolute atomic E-state index is 0.0347. The van der Waals surface area contributed by atoms with Gasteiger partial charge in [0, 0.05) is 25.5 Å². The minimum Gasteiger partial charge on any atom is -0.497 e. The lowest BCUT2D eigenvalue weighted by Gasteiger charge is -2.25. The molecule has 0 saturated heterocycles. The van der Waals surface area contributed by atoms with E-state index in [-0.39, 0.29) is 31.2 Å². The zero-order valence-electron chi connectivity index (χ0n) is 19.5. The lowest BCUT2D eigenvalue weighted by molar-refractivity contribution is -0.160. The third-order valence-electron chi connectivity index (χ3n) is 4.47. The molecular weight excluding hydrogens is 432 g/mol. The molecule has 9 heteroatoms. The van der Waals surface area contributed by atoms with Gasteiger partial charge in [-0.3, -0.25) is 4.98 Å². The molecule has 2 aromatic rings. The van der Waals surface area contributed by atoms with Crippen LogP contribution in [-0.2, 0) is 30.8 Å². The lowest BCUT2D eigenvalue weighted by Crippen LogP contribution is -2.35. The lowest BCUT2D eigenvalue weighted by atomic mass is 10.1. The van der Waals surface area contributed by atoms with Crippen LogP contribution in [0.1, 0.15) is 37.5 Å². The Kier molecular flexibility index (Phi) is 8.77. The molecule has 0 saturated carbocycles. The van der Waals surface area contributed by atoms with Crippen molar-refractivity contribution in [1.29, 1.82) is 0 Å². The number of sulfonamides is 1. The Hall–Kier alpha value is -2.49. The summed E-state index contributed by atoms with van der Waals surface area (Å²) >= 11 is 0. The van der Waals surface area contributed by atoms with Crippen LogP contribution in [0.25, 0.3) is 0 Å². The number of rotatable bonds is 10. The van der Waals surface area contributed by atoms with E-state index in [0.29, 0.717) is 16.9 Å². The highest BCUT2D eigenvalue weighted by molar-refractivity contribution is 7.89. The van der Waals surface area contributed by atoms with Gasteiger partial charge in [-0.25, -0.2) is 13.2 Å². The minimum atomic E-state index is -3.86. The largest absolute Gasteiger partial charge is 0.497 e. The SMILES string of the molecule is COc1cc(C)c(S(=O)(=O)N(CCOCC(=O)OC(C)(C)C)Cc2cccnc2)c(C)c1. The van der Waals surface area contributed by atoms with Crippen LogP contribution < -0.4 is 4.74 Å². The van der Waals surface area contributed by atoms with Crippen molar-refractivity contribution in [1.82, 2.24) is 9.29 Å². The van der Waals surface area contributed by atoms with Crippen molar-refractivity contribution < 1.29 is 27.4 Å². The molecule has 0 N–H and O–H groups in total. The fourth-order valence-corrected chi connectivity index (χ4v) is 5.06. The van der Waals surface area contributed by atoms with Gasteiger partial charge in [-0.1, -0.05) is 6.07 Å². The molecule has 32 heavy (non-hydrogen) atoms. The van der Waals surface area contributed by atoms with Crippen LogP contribution >= 0.6 is 0 Å². The number of methoxy groups -OCH3 is 1. The maximum Gasteiger partial charge on any atom is 0.332 e. The zero-order chi connectivity index (χ0) is 23.9. The number of pyridine rings is 1. The molecule has 0 radical (unpaired) electrons. The number of hydrogen-bond acceptors (Lipinski definition) is 7. The summed E-state index contributed by atoms with van der Waals surface area (Å²) in [6.45, 7) is 8.76. The molecule has 1 aromatic carbocycles. The molecule has 8 nitrogen and oxygen atoms in total. The maximum atomic E-state index is 13.6. The van der Waals surface area contributed by atoms with Gasteiger partial charge in [0.25, 0.3) is 0 Å². The highest BCUT2D eigenvalue weighted by atomic mass is 32.2. The zero-order valence-corrected chi connectivity index (χ0v) is 20.4. The second-order valence-corrected chi connectivity index (χ2v) is 10.3. The number of aromatic nitrogens is 1. The summed E-state index contributed by atoms with van der Waals surface area (Å²) in [5, 5.41) is 0. The molecular formula is C23H32N2O6S. The Morgan fingerprint density at radius 3 is 2.34 bits per heavy atom. The van der Waals surface area contributed by atoms with Gasteiger partial charge < -0.3 is 14.2 Å². The van der Waals surface area contributed by atoms with Crippen LogP contribution in [0.3, 0.4) is 0 Å². The Balaban J connectivity index is 2.22. The van der Waals surface area contributed by atoms with Crippen LogP contribution in [0, 0.1) is 13.8 Å². The fraction of sp³-hybridized carbons (Fsp3) is 0.478. The molecule has 0 spiro atoms. The van der Waals surface area contributed by atoms with Gasteiger partial charge >= 0.3 is 5.97 Å². The van der Waals surface area contributed by atoms with Gasteiger partial charge in [-0.2, -0.15) is 4.31 Å². The number of carbonyl (C=O) groups is 1. The van der Waals surface area contributed by atoms with Crippen LogP contribution in [0.5, 0.6) is 5.75 Å². The van der Waals surface area contributed by atoms with Crippen molar-refractivity contribution in [2.24, 2.45) is 0 Å². The molecule has 0 fully saturated rings. The summed E-state index contributed by atoms with van der Waals surface area (Å²) in [7, 11) is -2.32. The molecule has 0 aliphatic heterocycles. The number of ether oxygens (including phenoxy) is 3. The molecule has 2 rings (SSSR count). The van der Waals surface area contributed by atoms with Crippen molar-refractivity contribution in [3.8, 4) is 5.75 Å². The first-order valence-electron chi connectivity index (χ1n) is 10.3. The van der Waals surface area contributed by atoms with E-state index in [4.69, 9.17) is 14.2 Å². The highest BCUT2D eigenvalue weighted by Crippen LogP contribution is 2.29.